The largest absolute Gasteiger partial charge is 0.461 e. The molecule has 0 bridgehead atoms. The Balaban J connectivity index is 1.90. The van der Waals surface area contributed by atoms with Crippen LogP contribution in [0.15, 0.2) is 42.6 Å². The predicted molar refractivity (Wildman–Crippen MR) is 110 cm³/mol. The van der Waals surface area contributed by atoms with Crippen molar-refractivity contribution in [1.29, 1.82) is 0 Å². The molecule has 0 amide bonds. The van der Waals surface area contributed by atoms with Crippen LogP contribution in [0, 0.1) is 0 Å². The van der Waals surface area contributed by atoms with Crippen LogP contribution in [0.2, 0.25) is 10.0 Å². The third-order valence-electron chi connectivity index (χ3n) is 4.53. The molecule has 28 heavy (non-hydrogen) atoms. The molecule has 5 nitrogen and oxygen atoms in total. The summed E-state index contributed by atoms with van der Waals surface area (Å²) in [5, 5.41) is 5.31. The molecule has 0 radical (unpaired) electrons. The number of allylic oxidation sites excluding steroid dienone is 1. The van der Waals surface area contributed by atoms with Gasteiger partial charge in [-0.05, 0) is 43.0 Å². The summed E-state index contributed by atoms with van der Waals surface area (Å²) in [6.07, 6.45) is 5.10. The minimum atomic E-state index is -0.441. The van der Waals surface area contributed by atoms with Crippen molar-refractivity contribution >= 4 is 40.8 Å². The molecule has 2 aromatic heterocycles. The fraction of sp³-hybridized carbons (Fsp3) is 0.190. The van der Waals surface area contributed by atoms with Crippen LogP contribution in [0.4, 0.5) is 0 Å². The van der Waals surface area contributed by atoms with Crippen molar-refractivity contribution in [3.8, 4) is 5.82 Å². The maximum absolute atomic E-state index is 12.5. The summed E-state index contributed by atoms with van der Waals surface area (Å²) in [7, 11) is 0. The van der Waals surface area contributed by atoms with Gasteiger partial charge in [0, 0.05) is 11.8 Å². The molecule has 4 rings (SSSR count). The van der Waals surface area contributed by atoms with Gasteiger partial charge in [-0.1, -0.05) is 53.5 Å². The molecule has 0 fully saturated rings. The third kappa shape index (κ3) is 3.43. The lowest BCUT2D eigenvalue weighted by Gasteiger charge is -2.09. The van der Waals surface area contributed by atoms with E-state index in [-0.39, 0.29) is 6.61 Å². The zero-order chi connectivity index (χ0) is 19.7. The van der Waals surface area contributed by atoms with Gasteiger partial charge in [0.05, 0.1) is 22.3 Å². The Bertz CT molecular complexity index is 1070. The van der Waals surface area contributed by atoms with Crippen LogP contribution in [0.25, 0.3) is 17.5 Å². The van der Waals surface area contributed by atoms with Gasteiger partial charge in [0.2, 0.25) is 0 Å². The Morgan fingerprint density at radius 3 is 2.75 bits per heavy atom. The Morgan fingerprint density at radius 1 is 1.25 bits per heavy atom. The number of benzene rings is 1. The molecule has 3 aromatic rings. The number of hydrogen-bond acceptors (Lipinski definition) is 4. The SMILES string of the molecule is CCOC(=O)c1nn(-c2ncc(Cl)cc2Cl)c2c1CC/C2=C/c1ccccc1. The van der Waals surface area contributed by atoms with Gasteiger partial charge < -0.3 is 4.74 Å². The maximum Gasteiger partial charge on any atom is 0.359 e. The lowest BCUT2D eigenvalue weighted by atomic mass is 10.1. The number of carbonyl (C=O) groups is 1. The average Bonchev–Trinajstić information content (AvgIpc) is 3.24. The summed E-state index contributed by atoms with van der Waals surface area (Å²) < 4.78 is 6.82. The summed E-state index contributed by atoms with van der Waals surface area (Å²) in [5.41, 5.74) is 4.14. The third-order valence-corrected chi connectivity index (χ3v) is 5.02. The smallest absolute Gasteiger partial charge is 0.359 e. The minimum absolute atomic E-state index is 0.285. The van der Waals surface area contributed by atoms with Gasteiger partial charge in [0.1, 0.15) is 0 Å². The van der Waals surface area contributed by atoms with E-state index in [0.717, 1.165) is 28.8 Å². The number of rotatable bonds is 4. The number of fused-ring (bicyclic) bond motifs is 1. The zero-order valence-corrected chi connectivity index (χ0v) is 16.7. The lowest BCUT2D eigenvalue weighted by molar-refractivity contribution is 0.0517. The standard InChI is InChI=1S/C21H17Cl2N3O2/c1-2-28-21(27)18-16-9-8-14(10-13-6-4-3-5-7-13)19(16)26(25-18)20-17(23)11-15(22)12-24-20/h3-7,10-12H,2,8-9H2,1H3/b14-10-. The van der Waals surface area contributed by atoms with E-state index in [4.69, 9.17) is 27.9 Å². The first-order valence-electron chi connectivity index (χ1n) is 8.95. The van der Waals surface area contributed by atoms with Gasteiger partial charge in [0.25, 0.3) is 0 Å². The van der Waals surface area contributed by atoms with Gasteiger partial charge in [-0.25, -0.2) is 14.5 Å². The van der Waals surface area contributed by atoms with Gasteiger partial charge in [-0.3, -0.25) is 0 Å². The molecule has 1 aliphatic carbocycles. The number of hydrogen-bond donors (Lipinski definition) is 0. The number of pyridine rings is 1. The highest BCUT2D eigenvalue weighted by Crippen LogP contribution is 2.38. The summed E-state index contributed by atoms with van der Waals surface area (Å²) in [5.74, 6) is -0.0118. The zero-order valence-electron chi connectivity index (χ0n) is 15.2. The highest BCUT2D eigenvalue weighted by molar-refractivity contribution is 6.35. The van der Waals surface area contributed by atoms with E-state index in [2.05, 4.69) is 16.2 Å². The first kappa shape index (κ1) is 18.7. The van der Waals surface area contributed by atoms with Crippen molar-refractivity contribution in [2.24, 2.45) is 0 Å². The molecule has 7 heteroatoms. The average molecular weight is 414 g/mol. The quantitative estimate of drug-likeness (QED) is 0.548. The van der Waals surface area contributed by atoms with E-state index in [1.807, 2.05) is 30.3 Å². The van der Waals surface area contributed by atoms with E-state index in [1.165, 1.54) is 6.20 Å². The second kappa shape index (κ2) is 7.78. The van der Waals surface area contributed by atoms with Crippen LogP contribution in [0.1, 0.15) is 40.7 Å². The fourth-order valence-corrected chi connectivity index (χ4v) is 3.83. The number of nitrogens with zero attached hydrogens (tertiary/aromatic N) is 3. The first-order valence-corrected chi connectivity index (χ1v) is 9.70. The van der Waals surface area contributed by atoms with E-state index in [0.29, 0.717) is 28.0 Å². The van der Waals surface area contributed by atoms with Crippen LogP contribution in [0.3, 0.4) is 0 Å². The van der Waals surface area contributed by atoms with Gasteiger partial charge in [-0.15, -0.1) is 0 Å². The van der Waals surface area contributed by atoms with E-state index in [1.54, 1.807) is 17.7 Å². The van der Waals surface area contributed by atoms with Crippen molar-refractivity contribution in [3.05, 3.63) is 75.2 Å². The van der Waals surface area contributed by atoms with Crippen LogP contribution < -0.4 is 0 Å². The normalized spacial score (nSPS) is 14.3. The molecule has 1 aromatic carbocycles. The second-order valence-electron chi connectivity index (χ2n) is 6.35. The van der Waals surface area contributed by atoms with Crippen molar-refractivity contribution in [2.45, 2.75) is 19.8 Å². The van der Waals surface area contributed by atoms with Gasteiger partial charge >= 0.3 is 5.97 Å². The Morgan fingerprint density at radius 2 is 2.04 bits per heavy atom. The molecule has 0 unspecified atom stereocenters. The second-order valence-corrected chi connectivity index (χ2v) is 7.19. The molecule has 0 atom stereocenters. The summed E-state index contributed by atoms with van der Waals surface area (Å²) >= 11 is 12.4. The summed E-state index contributed by atoms with van der Waals surface area (Å²) in [6, 6.07) is 11.6. The molecule has 0 aliphatic heterocycles. The molecule has 142 valence electrons. The molecule has 0 saturated carbocycles. The predicted octanol–water partition coefficient (Wildman–Crippen LogP) is 5.24. The van der Waals surface area contributed by atoms with E-state index >= 15 is 0 Å². The molecule has 0 saturated heterocycles. The number of carbonyl (C=O) groups excluding carboxylic acids is 1. The maximum atomic E-state index is 12.5. The molecular formula is C21H17Cl2N3O2. The molecule has 1 aliphatic rings. The van der Waals surface area contributed by atoms with Crippen molar-refractivity contribution in [2.75, 3.05) is 6.61 Å². The fourth-order valence-electron chi connectivity index (χ4n) is 3.37. The number of halogens is 2. The lowest BCUT2D eigenvalue weighted by Crippen LogP contribution is -2.09. The molecule has 2 heterocycles. The minimum Gasteiger partial charge on any atom is -0.461 e. The number of aromatic nitrogens is 3. The number of ether oxygens (including phenoxy) is 1. The molecule has 0 N–H and O–H groups in total. The Kier molecular flexibility index (Phi) is 5.20. The Hall–Kier alpha value is -2.63. The van der Waals surface area contributed by atoms with Crippen molar-refractivity contribution in [1.82, 2.24) is 14.8 Å². The van der Waals surface area contributed by atoms with E-state index in [9.17, 15) is 4.79 Å². The Labute approximate surface area is 172 Å². The van der Waals surface area contributed by atoms with Crippen molar-refractivity contribution in [3.63, 3.8) is 0 Å². The van der Waals surface area contributed by atoms with Gasteiger partial charge in [0.15, 0.2) is 11.5 Å². The highest BCUT2D eigenvalue weighted by atomic mass is 35.5. The van der Waals surface area contributed by atoms with Gasteiger partial charge in [-0.2, -0.15) is 5.10 Å². The van der Waals surface area contributed by atoms with Crippen LogP contribution in [-0.4, -0.2) is 27.3 Å². The molecule has 0 spiro atoms. The molecular weight excluding hydrogens is 397 g/mol. The van der Waals surface area contributed by atoms with Crippen LogP contribution >= 0.6 is 23.2 Å². The summed E-state index contributed by atoms with van der Waals surface area (Å²) in [6.45, 7) is 2.06. The van der Waals surface area contributed by atoms with Crippen molar-refractivity contribution < 1.29 is 9.53 Å². The summed E-state index contributed by atoms with van der Waals surface area (Å²) in [4.78, 5) is 16.8. The van der Waals surface area contributed by atoms with E-state index < -0.39 is 5.97 Å². The van der Waals surface area contributed by atoms with Crippen LogP contribution in [0.5, 0.6) is 0 Å². The van der Waals surface area contributed by atoms with Crippen LogP contribution in [-0.2, 0) is 11.2 Å². The highest BCUT2D eigenvalue weighted by Gasteiger charge is 2.31. The number of esters is 1. The monoisotopic (exact) mass is 413 g/mol. The first-order chi connectivity index (χ1) is 13.6. The topological polar surface area (TPSA) is 57.0 Å².